The van der Waals surface area contributed by atoms with E-state index in [4.69, 9.17) is 37.2 Å². The minimum atomic E-state index is -1.19. The molecule has 6 rings (SSSR count). The number of aromatic nitrogens is 3. The van der Waals surface area contributed by atoms with Gasteiger partial charge >= 0.3 is 5.97 Å². The average Bonchev–Trinajstić information content (AvgIpc) is 3.77. The van der Waals surface area contributed by atoms with E-state index in [2.05, 4.69) is 15.1 Å². The van der Waals surface area contributed by atoms with Crippen LogP contribution in [0.15, 0.2) is 35.1 Å². The molecular weight excluding hydrogens is 608 g/mol. The third-order valence-corrected chi connectivity index (χ3v) is 9.40. The highest BCUT2D eigenvalue weighted by atomic mass is 35.5. The van der Waals surface area contributed by atoms with Crippen molar-refractivity contribution in [3.63, 3.8) is 0 Å². The van der Waals surface area contributed by atoms with Crippen LogP contribution in [-0.4, -0.2) is 39.4 Å². The van der Waals surface area contributed by atoms with Crippen LogP contribution in [-0.2, 0) is 11.3 Å². The van der Waals surface area contributed by atoms with Crippen LogP contribution < -0.4 is 4.74 Å². The Morgan fingerprint density at radius 2 is 1.89 bits per heavy atom. The van der Waals surface area contributed by atoms with Crippen molar-refractivity contribution in [3.05, 3.63) is 69.0 Å². The van der Waals surface area contributed by atoms with Crippen LogP contribution in [0.25, 0.3) is 22.2 Å². The smallest absolute Gasteiger partial charge is 0.354 e. The summed E-state index contributed by atoms with van der Waals surface area (Å²) in [5, 5.41) is 15.0. The maximum Gasteiger partial charge on any atom is 0.354 e. The van der Waals surface area contributed by atoms with E-state index in [1.54, 1.807) is 25.4 Å². The summed E-state index contributed by atoms with van der Waals surface area (Å²) < 4.78 is 33.2. The van der Waals surface area contributed by atoms with Gasteiger partial charge in [-0.1, -0.05) is 47.6 Å². The lowest BCUT2D eigenvalue weighted by Gasteiger charge is -2.37. The molecule has 2 saturated carbocycles. The van der Waals surface area contributed by atoms with E-state index >= 15 is 4.39 Å². The van der Waals surface area contributed by atoms with Crippen LogP contribution in [0.2, 0.25) is 10.0 Å². The Balaban J connectivity index is 1.11. The highest BCUT2D eigenvalue weighted by molar-refractivity contribution is 6.38. The molecule has 0 atom stereocenters. The van der Waals surface area contributed by atoms with Crippen molar-refractivity contribution in [3.8, 4) is 17.0 Å². The van der Waals surface area contributed by atoms with E-state index in [-0.39, 0.29) is 16.6 Å². The first-order valence-electron chi connectivity index (χ1n) is 15.1. The Bertz CT molecular complexity index is 1660. The number of benzene rings is 1. The van der Waals surface area contributed by atoms with Crippen LogP contribution in [0.3, 0.4) is 0 Å². The first kappa shape index (κ1) is 30.7. The fourth-order valence-corrected chi connectivity index (χ4v) is 6.85. The predicted molar refractivity (Wildman–Crippen MR) is 165 cm³/mol. The number of hydrogen-bond donors (Lipinski definition) is 1. The highest BCUT2D eigenvalue weighted by Gasteiger charge is 2.35. The third-order valence-electron chi connectivity index (χ3n) is 8.82. The second-order valence-electron chi connectivity index (χ2n) is 12.1. The van der Waals surface area contributed by atoms with E-state index in [0.717, 1.165) is 62.7 Å². The van der Waals surface area contributed by atoms with Gasteiger partial charge in [0.2, 0.25) is 0 Å². The number of aryl methyl sites for hydroxylation is 1. The van der Waals surface area contributed by atoms with E-state index in [9.17, 15) is 9.90 Å². The number of ether oxygens (including phenoxy) is 2. The van der Waals surface area contributed by atoms with Crippen LogP contribution in [0, 0.1) is 18.2 Å². The molecule has 232 valence electrons. The highest BCUT2D eigenvalue weighted by Crippen LogP contribution is 2.46. The van der Waals surface area contributed by atoms with Crippen LogP contribution in [0.4, 0.5) is 4.39 Å². The fraction of sp³-hybridized carbons (Fsp3) is 0.455. The predicted octanol–water partition coefficient (Wildman–Crippen LogP) is 8.94. The molecule has 0 saturated heterocycles. The molecule has 0 aliphatic heterocycles. The lowest BCUT2D eigenvalue weighted by Crippen LogP contribution is -2.31. The Morgan fingerprint density at radius 3 is 2.59 bits per heavy atom. The molecule has 2 aliphatic carbocycles. The summed E-state index contributed by atoms with van der Waals surface area (Å²) in [6.45, 7) is 3.11. The van der Waals surface area contributed by atoms with Gasteiger partial charge in [-0.25, -0.2) is 14.2 Å². The van der Waals surface area contributed by atoms with Crippen LogP contribution >= 0.6 is 23.2 Å². The topological polar surface area (TPSA) is 108 Å². The van der Waals surface area contributed by atoms with Crippen molar-refractivity contribution < 1.29 is 28.3 Å². The van der Waals surface area contributed by atoms with E-state index < -0.39 is 11.8 Å². The Kier molecular flexibility index (Phi) is 9.08. The van der Waals surface area contributed by atoms with Crippen molar-refractivity contribution in [2.45, 2.75) is 77.2 Å². The number of halogens is 3. The molecule has 0 amide bonds. The van der Waals surface area contributed by atoms with Crippen molar-refractivity contribution in [2.24, 2.45) is 5.41 Å². The number of rotatable bonds is 12. The summed E-state index contributed by atoms with van der Waals surface area (Å²) in [7, 11) is 0. The van der Waals surface area contributed by atoms with Gasteiger partial charge in [0.1, 0.15) is 28.4 Å². The monoisotopic (exact) mass is 641 g/mol. The van der Waals surface area contributed by atoms with Crippen LogP contribution in [0.1, 0.15) is 91.1 Å². The molecule has 4 aromatic rings. The molecule has 0 spiro atoms. The Morgan fingerprint density at radius 1 is 1.14 bits per heavy atom. The molecule has 1 aromatic carbocycles. The maximum absolute atomic E-state index is 15.0. The zero-order valence-corrected chi connectivity index (χ0v) is 26.0. The summed E-state index contributed by atoms with van der Waals surface area (Å²) in [6, 6.07) is 4.50. The molecule has 0 bridgehead atoms. The average molecular weight is 643 g/mol. The molecule has 0 unspecified atom stereocenters. The zero-order chi connectivity index (χ0) is 30.8. The lowest BCUT2D eigenvalue weighted by atomic mass is 9.72. The number of nitrogens with zero attached hydrogens (tertiary/aromatic N) is 3. The van der Waals surface area contributed by atoms with Gasteiger partial charge in [0.15, 0.2) is 5.82 Å². The SMILES string of the molecule is Cc1cc(C(=O)O)nc2c(F)cc(OCC3(CCCOCc4c(-c5c(Cl)cncc5Cl)noc4C4CC4)CCCCC3)cc12. The van der Waals surface area contributed by atoms with Gasteiger partial charge in [0, 0.05) is 52.9 Å². The largest absolute Gasteiger partial charge is 0.493 e. The molecular formula is C33H34Cl2FN3O5. The molecule has 2 fully saturated rings. The molecule has 8 nitrogen and oxygen atoms in total. The van der Waals surface area contributed by atoms with E-state index in [0.29, 0.717) is 63.7 Å². The molecule has 3 aromatic heterocycles. The number of carboxylic acid groups (broad SMARTS) is 1. The zero-order valence-electron chi connectivity index (χ0n) is 24.5. The van der Waals surface area contributed by atoms with E-state index in [1.165, 1.54) is 18.6 Å². The summed E-state index contributed by atoms with van der Waals surface area (Å²) in [4.78, 5) is 19.4. The first-order valence-corrected chi connectivity index (χ1v) is 15.8. The van der Waals surface area contributed by atoms with Gasteiger partial charge in [0.05, 0.1) is 23.3 Å². The standard InChI is InChI=1S/C33H34Cl2FN3O5/c1-19-12-27(32(40)41)38-29-22(19)13-21(14-26(29)36)43-18-33(8-3-2-4-9-33)10-5-11-42-17-23-30(39-44-31(23)20-6-7-20)28-24(34)15-37-16-25(28)35/h12-16,20H,2-11,17-18H2,1H3,(H,40,41). The fourth-order valence-electron chi connectivity index (χ4n) is 6.31. The second kappa shape index (κ2) is 13.0. The normalized spacial score (nSPS) is 16.4. The van der Waals surface area contributed by atoms with Crippen LogP contribution in [0.5, 0.6) is 5.75 Å². The van der Waals surface area contributed by atoms with Gasteiger partial charge in [-0.3, -0.25) is 4.98 Å². The Labute approximate surface area is 264 Å². The molecule has 3 heterocycles. The minimum Gasteiger partial charge on any atom is -0.493 e. The molecule has 1 N–H and O–H groups in total. The molecule has 0 radical (unpaired) electrons. The van der Waals surface area contributed by atoms with Gasteiger partial charge < -0.3 is 19.1 Å². The number of carboxylic acids is 1. The number of fused-ring (bicyclic) bond motifs is 1. The maximum atomic E-state index is 15.0. The summed E-state index contributed by atoms with van der Waals surface area (Å²) in [6.07, 6.45) is 12.5. The lowest BCUT2D eigenvalue weighted by molar-refractivity contribution is 0.0614. The van der Waals surface area contributed by atoms with Gasteiger partial charge in [0.25, 0.3) is 0 Å². The minimum absolute atomic E-state index is 0.0346. The Hall–Kier alpha value is -3.27. The third kappa shape index (κ3) is 6.55. The number of aromatic carboxylic acids is 1. The number of carbonyl (C=O) groups is 1. The summed E-state index contributed by atoms with van der Waals surface area (Å²) >= 11 is 12.9. The van der Waals surface area contributed by atoms with Gasteiger partial charge in [-0.2, -0.15) is 0 Å². The molecule has 44 heavy (non-hydrogen) atoms. The molecule has 11 heteroatoms. The van der Waals surface area contributed by atoms with E-state index in [1.807, 2.05) is 0 Å². The first-order chi connectivity index (χ1) is 21.2. The number of hydrogen-bond acceptors (Lipinski definition) is 7. The summed E-state index contributed by atoms with van der Waals surface area (Å²) in [5.41, 5.74) is 2.55. The number of pyridine rings is 2. The van der Waals surface area contributed by atoms with Crippen molar-refractivity contribution in [2.75, 3.05) is 13.2 Å². The molecule has 2 aliphatic rings. The summed E-state index contributed by atoms with van der Waals surface area (Å²) in [5.74, 6) is -0.178. The quantitative estimate of drug-likeness (QED) is 0.153. The van der Waals surface area contributed by atoms with Crippen molar-refractivity contribution >= 4 is 40.1 Å². The second-order valence-corrected chi connectivity index (χ2v) is 12.9. The van der Waals surface area contributed by atoms with Gasteiger partial charge in [-0.15, -0.1) is 0 Å². The van der Waals surface area contributed by atoms with Crippen molar-refractivity contribution in [1.82, 2.24) is 15.1 Å². The van der Waals surface area contributed by atoms with Gasteiger partial charge in [-0.05, 0) is 63.1 Å². The van der Waals surface area contributed by atoms with Crippen molar-refractivity contribution in [1.29, 1.82) is 0 Å².